The van der Waals surface area contributed by atoms with Crippen LogP contribution in [0, 0.1) is 0 Å². The molecule has 3 rings (SSSR count). The van der Waals surface area contributed by atoms with Gasteiger partial charge in [0, 0.05) is 6.54 Å². The standard InChI is InChI=1S/C17H17NO2S/c19-15(14-8-10-21-12-14)11-18-17(16-7-4-9-20-16)13-5-2-1-3-6-13/h1-10,12,15,17-19H,11H2. The summed E-state index contributed by atoms with van der Waals surface area (Å²) in [4.78, 5) is 0. The van der Waals surface area contributed by atoms with Crippen molar-refractivity contribution in [3.05, 3.63) is 82.4 Å². The number of aliphatic hydroxyl groups excluding tert-OH is 1. The lowest BCUT2D eigenvalue weighted by Crippen LogP contribution is -2.27. The lowest BCUT2D eigenvalue weighted by atomic mass is 10.0. The van der Waals surface area contributed by atoms with E-state index in [0.29, 0.717) is 6.54 Å². The Balaban J connectivity index is 1.74. The Morgan fingerprint density at radius 1 is 1.05 bits per heavy atom. The van der Waals surface area contributed by atoms with E-state index in [0.717, 1.165) is 16.9 Å². The molecule has 0 aliphatic carbocycles. The van der Waals surface area contributed by atoms with E-state index < -0.39 is 6.10 Å². The van der Waals surface area contributed by atoms with Crippen LogP contribution < -0.4 is 5.32 Å². The SMILES string of the molecule is OC(CNC(c1ccccc1)c1ccco1)c1ccsc1. The molecule has 0 spiro atoms. The molecule has 3 nitrogen and oxygen atoms in total. The lowest BCUT2D eigenvalue weighted by molar-refractivity contribution is 0.171. The number of rotatable bonds is 6. The minimum Gasteiger partial charge on any atom is -0.467 e. The van der Waals surface area contributed by atoms with Crippen molar-refractivity contribution in [1.82, 2.24) is 5.32 Å². The first-order valence-electron chi connectivity index (χ1n) is 6.86. The first-order valence-corrected chi connectivity index (χ1v) is 7.81. The fraction of sp³-hybridized carbons (Fsp3) is 0.176. The normalized spacial score (nSPS) is 14.0. The highest BCUT2D eigenvalue weighted by Gasteiger charge is 2.18. The van der Waals surface area contributed by atoms with Gasteiger partial charge in [0.05, 0.1) is 18.4 Å². The van der Waals surface area contributed by atoms with Gasteiger partial charge < -0.3 is 14.8 Å². The molecular weight excluding hydrogens is 282 g/mol. The van der Waals surface area contributed by atoms with Gasteiger partial charge in [-0.15, -0.1) is 0 Å². The predicted molar refractivity (Wildman–Crippen MR) is 84.3 cm³/mol. The second-order valence-electron chi connectivity index (χ2n) is 4.84. The molecule has 2 atom stereocenters. The summed E-state index contributed by atoms with van der Waals surface area (Å²) < 4.78 is 5.53. The quantitative estimate of drug-likeness (QED) is 0.728. The summed E-state index contributed by atoms with van der Waals surface area (Å²) >= 11 is 1.59. The maximum absolute atomic E-state index is 10.2. The molecule has 0 amide bonds. The van der Waals surface area contributed by atoms with Gasteiger partial charge in [-0.3, -0.25) is 0 Å². The molecule has 1 aromatic carbocycles. The summed E-state index contributed by atoms with van der Waals surface area (Å²) in [5.41, 5.74) is 2.06. The minimum atomic E-state index is -0.516. The highest BCUT2D eigenvalue weighted by atomic mass is 32.1. The number of thiophene rings is 1. The van der Waals surface area contributed by atoms with Crippen LogP contribution in [0.2, 0.25) is 0 Å². The van der Waals surface area contributed by atoms with Crippen LogP contribution in [0.5, 0.6) is 0 Å². The van der Waals surface area contributed by atoms with E-state index in [1.165, 1.54) is 0 Å². The van der Waals surface area contributed by atoms with Crippen molar-refractivity contribution in [3.8, 4) is 0 Å². The van der Waals surface area contributed by atoms with Crippen molar-refractivity contribution in [1.29, 1.82) is 0 Å². The van der Waals surface area contributed by atoms with Gasteiger partial charge in [0.25, 0.3) is 0 Å². The minimum absolute atomic E-state index is 0.0607. The molecule has 0 fully saturated rings. The third-order valence-corrected chi connectivity index (χ3v) is 4.11. The molecule has 3 aromatic rings. The third kappa shape index (κ3) is 3.42. The largest absolute Gasteiger partial charge is 0.467 e. The van der Waals surface area contributed by atoms with Crippen LogP contribution in [0.3, 0.4) is 0 Å². The molecule has 0 aliphatic rings. The van der Waals surface area contributed by atoms with Gasteiger partial charge in [0.2, 0.25) is 0 Å². The summed E-state index contributed by atoms with van der Waals surface area (Å²) in [7, 11) is 0. The molecule has 108 valence electrons. The van der Waals surface area contributed by atoms with Crippen LogP contribution in [0.25, 0.3) is 0 Å². The Morgan fingerprint density at radius 2 is 1.90 bits per heavy atom. The first-order chi connectivity index (χ1) is 10.3. The Bertz CT molecular complexity index is 635. The highest BCUT2D eigenvalue weighted by Crippen LogP contribution is 2.23. The monoisotopic (exact) mass is 299 g/mol. The van der Waals surface area contributed by atoms with Crippen molar-refractivity contribution in [2.24, 2.45) is 0 Å². The summed E-state index contributed by atoms with van der Waals surface area (Å²) in [6.07, 6.45) is 1.15. The Labute approximate surface area is 127 Å². The van der Waals surface area contributed by atoms with Crippen molar-refractivity contribution in [2.45, 2.75) is 12.1 Å². The zero-order valence-corrected chi connectivity index (χ0v) is 12.3. The second kappa shape index (κ2) is 6.72. The Hall–Kier alpha value is -1.88. The molecule has 4 heteroatoms. The highest BCUT2D eigenvalue weighted by molar-refractivity contribution is 7.07. The molecule has 0 saturated carbocycles. The van der Waals surface area contributed by atoms with Crippen LogP contribution >= 0.6 is 11.3 Å². The van der Waals surface area contributed by atoms with E-state index in [9.17, 15) is 5.11 Å². The zero-order chi connectivity index (χ0) is 14.5. The number of furan rings is 1. The van der Waals surface area contributed by atoms with E-state index in [-0.39, 0.29) is 6.04 Å². The van der Waals surface area contributed by atoms with Gasteiger partial charge in [-0.2, -0.15) is 11.3 Å². The maximum atomic E-state index is 10.2. The van der Waals surface area contributed by atoms with Crippen molar-refractivity contribution >= 4 is 11.3 Å². The van der Waals surface area contributed by atoms with Crippen LogP contribution in [0.1, 0.15) is 29.0 Å². The molecule has 2 heterocycles. The molecular formula is C17H17NO2S. The third-order valence-electron chi connectivity index (χ3n) is 3.40. The molecule has 0 saturated heterocycles. The molecule has 2 unspecified atom stereocenters. The van der Waals surface area contributed by atoms with Gasteiger partial charge in [-0.05, 0) is 40.1 Å². The fourth-order valence-electron chi connectivity index (χ4n) is 2.30. The molecule has 0 aliphatic heterocycles. The van der Waals surface area contributed by atoms with E-state index >= 15 is 0 Å². The molecule has 2 N–H and O–H groups in total. The predicted octanol–water partition coefficient (Wildman–Crippen LogP) is 3.75. The summed E-state index contributed by atoms with van der Waals surface area (Å²) in [5.74, 6) is 0.846. The molecule has 21 heavy (non-hydrogen) atoms. The van der Waals surface area contributed by atoms with Crippen LogP contribution in [0.4, 0.5) is 0 Å². The smallest absolute Gasteiger partial charge is 0.125 e. The zero-order valence-electron chi connectivity index (χ0n) is 11.5. The Morgan fingerprint density at radius 3 is 2.57 bits per heavy atom. The number of nitrogens with one attached hydrogen (secondary N) is 1. The van der Waals surface area contributed by atoms with E-state index in [2.05, 4.69) is 17.4 Å². The molecule has 2 aromatic heterocycles. The van der Waals surface area contributed by atoms with Gasteiger partial charge in [-0.25, -0.2) is 0 Å². The summed E-state index contributed by atoms with van der Waals surface area (Å²) in [6, 6.07) is 15.8. The lowest BCUT2D eigenvalue weighted by Gasteiger charge is -2.19. The number of hydrogen-bond acceptors (Lipinski definition) is 4. The van der Waals surface area contributed by atoms with Gasteiger partial charge >= 0.3 is 0 Å². The first kappa shape index (κ1) is 14.1. The van der Waals surface area contributed by atoms with Gasteiger partial charge in [-0.1, -0.05) is 30.3 Å². The van der Waals surface area contributed by atoms with Gasteiger partial charge in [0.15, 0.2) is 0 Å². The second-order valence-corrected chi connectivity index (χ2v) is 5.62. The van der Waals surface area contributed by atoms with Crippen LogP contribution in [0.15, 0.2) is 70.0 Å². The Kier molecular flexibility index (Phi) is 4.50. The number of hydrogen-bond donors (Lipinski definition) is 2. The van der Waals surface area contributed by atoms with Crippen LogP contribution in [-0.4, -0.2) is 11.7 Å². The molecule has 0 radical (unpaired) electrons. The van der Waals surface area contributed by atoms with Crippen molar-refractivity contribution < 1.29 is 9.52 Å². The fourth-order valence-corrected chi connectivity index (χ4v) is 3.00. The topological polar surface area (TPSA) is 45.4 Å². The van der Waals surface area contributed by atoms with E-state index in [4.69, 9.17) is 4.42 Å². The summed E-state index contributed by atoms with van der Waals surface area (Å²) in [6.45, 7) is 0.469. The number of benzene rings is 1. The van der Waals surface area contributed by atoms with Crippen molar-refractivity contribution in [3.63, 3.8) is 0 Å². The number of aliphatic hydroxyl groups is 1. The van der Waals surface area contributed by atoms with Gasteiger partial charge in [0.1, 0.15) is 5.76 Å². The average Bonchev–Trinajstić information content (AvgIpc) is 3.22. The van der Waals surface area contributed by atoms with E-state index in [1.54, 1.807) is 17.6 Å². The van der Waals surface area contributed by atoms with Crippen LogP contribution in [-0.2, 0) is 0 Å². The molecule has 0 bridgehead atoms. The summed E-state index contributed by atoms with van der Waals surface area (Å²) in [5, 5.41) is 17.5. The maximum Gasteiger partial charge on any atom is 0.125 e. The average molecular weight is 299 g/mol. The van der Waals surface area contributed by atoms with E-state index in [1.807, 2.05) is 47.2 Å². The van der Waals surface area contributed by atoms with Crippen molar-refractivity contribution in [2.75, 3.05) is 6.54 Å².